The largest absolute Gasteiger partial charge is 0.481 e. The second-order valence-corrected chi connectivity index (χ2v) is 6.22. The van der Waals surface area contributed by atoms with Crippen LogP contribution in [0.1, 0.15) is 11.1 Å². The van der Waals surface area contributed by atoms with Crippen molar-refractivity contribution in [3.05, 3.63) is 33.8 Å². The first kappa shape index (κ1) is 16.3. The predicted molar refractivity (Wildman–Crippen MR) is 74.8 cm³/mol. The van der Waals surface area contributed by atoms with Gasteiger partial charge in [0.05, 0.1) is 11.8 Å². The number of hydrogen-bond acceptors (Lipinski definition) is 2. The van der Waals surface area contributed by atoms with Crippen LogP contribution in [0.3, 0.4) is 0 Å². The minimum absolute atomic E-state index is 0.0784. The van der Waals surface area contributed by atoms with Gasteiger partial charge in [0.25, 0.3) is 0 Å². The SMILES string of the molecule is Cc1ccc(CN2C[C@@H](C(F)(F)F)[C@H](C(=O)O)C2)cc1Br. The highest BCUT2D eigenvalue weighted by molar-refractivity contribution is 9.10. The van der Waals surface area contributed by atoms with Crippen molar-refractivity contribution in [1.82, 2.24) is 4.90 Å². The van der Waals surface area contributed by atoms with Crippen molar-refractivity contribution in [1.29, 1.82) is 0 Å². The molecule has 0 radical (unpaired) electrons. The first-order chi connectivity index (χ1) is 9.68. The Balaban J connectivity index is 2.12. The fourth-order valence-corrected chi connectivity index (χ4v) is 3.02. The standard InChI is InChI=1S/C14H15BrF3NO2/c1-8-2-3-9(4-12(8)15)5-19-6-10(13(20)21)11(7-19)14(16,17)18/h2-4,10-11H,5-7H2,1H3,(H,20,21)/t10-,11-/m1/s1. The van der Waals surface area contributed by atoms with Crippen LogP contribution >= 0.6 is 15.9 Å². The third kappa shape index (κ3) is 3.77. The topological polar surface area (TPSA) is 40.5 Å². The van der Waals surface area contributed by atoms with Crippen LogP contribution in [0.5, 0.6) is 0 Å². The van der Waals surface area contributed by atoms with Gasteiger partial charge in [0, 0.05) is 24.1 Å². The molecule has 0 aliphatic carbocycles. The number of benzene rings is 1. The zero-order valence-electron chi connectivity index (χ0n) is 11.3. The molecule has 1 N–H and O–H groups in total. The van der Waals surface area contributed by atoms with Gasteiger partial charge in [-0.3, -0.25) is 9.69 Å². The van der Waals surface area contributed by atoms with E-state index in [0.29, 0.717) is 6.54 Å². The summed E-state index contributed by atoms with van der Waals surface area (Å²) in [6.45, 7) is 1.88. The predicted octanol–water partition coefficient (Wildman–Crippen LogP) is 3.45. The first-order valence-electron chi connectivity index (χ1n) is 6.45. The normalized spacial score (nSPS) is 23.5. The number of rotatable bonds is 3. The lowest BCUT2D eigenvalue weighted by atomic mass is 9.96. The molecule has 1 aliphatic rings. The molecule has 21 heavy (non-hydrogen) atoms. The van der Waals surface area contributed by atoms with Gasteiger partial charge >= 0.3 is 12.1 Å². The molecule has 0 spiro atoms. The number of carboxylic acids is 1. The molecule has 0 saturated carbocycles. The highest BCUT2D eigenvalue weighted by Gasteiger charge is 2.52. The number of carbonyl (C=O) groups is 1. The molecular weight excluding hydrogens is 351 g/mol. The highest BCUT2D eigenvalue weighted by atomic mass is 79.9. The summed E-state index contributed by atoms with van der Waals surface area (Å²) >= 11 is 3.38. The summed E-state index contributed by atoms with van der Waals surface area (Å²) in [6.07, 6.45) is -4.48. The van der Waals surface area contributed by atoms with Gasteiger partial charge in [-0.05, 0) is 24.1 Å². The second kappa shape index (κ2) is 5.96. The van der Waals surface area contributed by atoms with E-state index in [0.717, 1.165) is 15.6 Å². The van der Waals surface area contributed by atoms with Crippen molar-refractivity contribution in [2.45, 2.75) is 19.6 Å². The van der Waals surface area contributed by atoms with E-state index in [4.69, 9.17) is 5.11 Å². The third-order valence-electron chi connectivity index (χ3n) is 3.78. The number of nitrogens with zero attached hydrogens (tertiary/aromatic N) is 1. The Morgan fingerprint density at radius 1 is 1.43 bits per heavy atom. The minimum atomic E-state index is -4.48. The lowest BCUT2D eigenvalue weighted by Gasteiger charge is -2.18. The molecule has 1 aliphatic heterocycles. The maximum atomic E-state index is 12.9. The van der Waals surface area contributed by atoms with E-state index in [2.05, 4.69) is 15.9 Å². The molecule has 116 valence electrons. The Kier molecular flexibility index (Phi) is 4.63. The smallest absolute Gasteiger partial charge is 0.393 e. The van der Waals surface area contributed by atoms with E-state index in [1.165, 1.54) is 0 Å². The maximum absolute atomic E-state index is 12.9. The average Bonchev–Trinajstić information content (AvgIpc) is 2.78. The van der Waals surface area contributed by atoms with E-state index in [-0.39, 0.29) is 13.1 Å². The lowest BCUT2D eigenvalue weighted by Crippen LogP contribution is -2.33. The lowest BCUT2D eigenvalue weighted by molar-refractivity contribution is -0.188. The van der Waals surface area contributed by atoms with Gasteiger partial charge in [-0.25, -0.2) is 0 Å². The van der Waals surface area contributed by atoms with Gasteiger partial charge in [-0.2, -0.15) is 13.2 Å². The summed E-state index contributed by atoms with van der Waals surface area (Å²) in [5, 5.41) is 8.98. The number of likely N-dealkylation sites (tertiary alicyclic amines) is 1. The zero-order chi connectivity index (χ0) is 15.8. The molecule has 1 fully saturated rings. The summed E-state index contributed by atoms with van der Waals surface area (Å²) in [5.41, 5.74) is 1.90. The summed E-state index contributed by atoms with van der Waals surface area (Å²) in [6, 6.07) is 5.58. The Labute approximate surface area is 128 Å². The monoisotopic (exact) mass is 365 g/mol. The fourth-order valence-electron chi connectivity index (χ4n) is 2.59. The van der Waals surface area contributed by atoms with Gasteiger partial charge in [-0.1, -0.05) is 28.1 Å². The van der Waals surface area contributed by atoms with Crippen molar-refractivity contribution in [2.24, 2.45) is 11.8 Å². The second-order valence-electron chi connectivity index (χ2n) is 5.37. The Bertz CT molecular complexity index is 548. The van der Waals surface area contributed by atoms with Crippen LogP contribution in [0.4, 0.5) is 13.2 Å². The fraction of sp³-hybridized carbons (Fsp3) is 0.500. The molecule has 0 aromatic heterocycles. The van der Waals surface area contributed by atoms with Crippen LogP contribution in [-0.4, -0.2) is 35.2 Å². The van der Waals surface area contributed by atoms with Crippen LogP contribution in [0, 0.1) is 18.8 Å². The number of halogens is 4. The van der Waals surface area contributed by atoms with E-state index < -0.39 is 24.0 Å². The van der Waals surface area contributed by atoms with Gasteiger partial charge in [0.1, 0.15) is 0 Å². The summed E-state index contributed by atoms with van der Waals surface area (Å²) in [4.78, 5) is 12.6. The van der Waals surface area contributed by atoms with Crippen LogP contribution < -0.4 is 0 Å². The number of carboxylic acid groups (broad SMARTS) is 1. The van der Waals surface area contributed by atoms with Crippen molar-refractivity contribution in [2.75, 3.05) is 13.1 Å². The minimum Gasteiger partial charge on any atom is -0.481 e. The molecule has 3 nitrogen and oxygen atoms in total. The summed E-state index contributed by atoms with van der Waals surface area (Å²) in [7, 11) is 0. The molecule has 1 saturated heterocycles. The summed E-state index contributed by atoms with van der Waals surface area (Å²) in [5.74, 6) is -4.58. The Morgan fingerprint density at radius 2 is 2.10 bits per heavy atom. The van der Waals surface area contributed by atoms with Crippen LogP contribution in [0.2, 0.25) is 0 Å². The molecule has 0 amide bonds. The van der Waals surface area contributed by atoms with Crippen LogP contribution in [-0.2, 0) is 11.3 Å². The van der Waals surface area contributed by atoms with E-state index in [1.807, 2.05) is 25.1 Å². The number of aliphatic carboxylic acids is 1. The number of aryl methyl sites for hydroxylation is 1. The van der Waals surface area contributed by atoms with Crippen molar-refractivity contribution < 1.29 is 23.1 Å². The molecule has 2 atom stereocenters. The van der Waals surface area contributed by atoms with E-state index >= 15 is 0 Å². The summed E-state index contributed by atoms with van der Waals surface area (Å²) < 4.78 is 39.6. The Hall–Kier alpha value is -1.08. The number of alkyl halides is 3. The van der Waals surface area contributed by atoms with Gasteiger partial charge in [0.2, 0.25) is 0 Å². The van der Waals surface area contributed by atoms with Crippen molar-refractivity contribution in [3.8, 4) is 0 Å². The molecule has 1 heterocycles. The molecular formula is C14H15BrF3NO2. The molecule has 1 aromatic carbocycles. The number of hydrogen-bond donors (Lipinski definition) is 1. The molecule has 1 aromatic rings. The van der Waals surface area contributed by atoms with Gasteiger partial charge in [0.15, 0.2) is 0 Å². The average molecular weight is 366 g/mol. The molecule has 0 unspecified atom stereocenters. The van der Waals surface area contributed by atoms with Crippen LogP contribution in [0.25, 0.3) is 0 Å². The van der Waals surface area contributed by atoms with Gasteiger partial charge in [-0.15, -0.1) is 0 Å². The Morgan fingerprint density at radius 3 is 2.57 bits per heavy atom. The third-order valence-corrected chi connectivity index (χ3v) is 4.63. The van der Waals surface area contributed by atoms with E-state index in [1.54, 1.807) is 4.90 Å². The molecule has 7 heteroatoms. The maximum Gasteiger partial charge on any atom is 0.393 e. The first-order valence-corrected chi connectivity index (χ1v) is 7.24. The van der Waals surface area contributed by atoms with Crippen molar-refractivity contribution in [3.63, 3.8) is 0 Å². The molecule has 0 bridgehead atoms. The van der Waals surface area contributed by atoms with Crippen molar-refractivity contribution >= 4 is 21.9 Å². The van der Waals surface area contributed by atoms with Crippen LogP contribution in [0.15, 0.2) is 22.7 Å². The highest BCUT2D eigenvalue weighted by Crippen LogP contribution is 2.38. The van der Waals surface area contributed by atoms with E-state index in [9.17, 15) is 18.0 Å². The molecule has 2 rings (SSSR count). The van der Waals surface area contributed by atoms with Gasteiger partial charge < -0.3 is 5.11 Å². The zero-order valence-corrected chi connectivity index (χ0v) is 12.9. The quantitative estimate of drug-likeness (QED) is 0.891.